The average molecular weight is 313 g/mol. The number of nitrogens with zero attached hydrogens (tertiary/aromatic N) is 1. The molecule has 0 heterocycles. The molecule has 4 heteroatoms. The molecule has 2 aromatic rings. The first-order valence-corrected chi connectivity index (χ1v) is 8.04. The highest BCUT2D eigenvalue weighted by molar-refractivity contribution is 6.47. The predicted molar refractivity (Wildman–Crippen MR) is 92.8 cm³/mol. The number of rotatable bonds is 8. The van der Waals surface area contributed by atoms with Crippen molar-refractivity contribution in [3.8, 4) is 5.75 Å². The zero-order chi connectivity index (χ0) is 16.7. The van der Waals surface area contributed by atoms with E-state index in [1.807, 2.05) is 24.3 Å². The summed E-state index contributed by atoms with van der Waals surface area (Å²) in [7, 11) is 1.61. The van der Waals surface area contributed by atoms with Crippen LogP contribution in [-0.2, 0) is 0 Å². The van der Waals surface area contributed by atoms with Gasteiger partial charge in [-0.3, -0.25) is 4.79 Å². The van der Waals surface area contributed by atoms with E-state index in [0.717, 1.165) is 42.2 Å². The molecule has 0 saturated heterocycles. The van der Waals surface area contributed by atoms with Crippen LogP contribution in [0.5, 0.6) is 5.75 Å². The molecule has 0 unspecified atom stereocenters. The second-order valence-electron chi connectivity index (χ2n) is 5.55. The molecule has 0 bridgehead atoms. The lowest BCUT2D eigenvalue weighted by molar-refractivity contribution is 0.106. The Balaban J connectivity index is 2.30. The number of carbonyl (C=O) groups is 1. The lowest BCUT2D eigenvalue weighted by Crippen LogP contribution is -2.15. The normalized spacial score (nSPS) is 11.7. The third kappa shape index (κ3) is 3.89. The van der Waals surface area contributed by atoms with Gasteiger partial charge in [-0.05, 0) is 30.4 Å². The van der Waals surface area contributed by atoms with Gasteiger partial charge in [0.05, 0.1) is 7.11 Å². The van der Waals surface area contributed by atoms with Crippen LogP contribution in [0, 0.1) is 0 Å². The van der Waals surface area contributed by atoms with E-state index in [2.05, 4.69) is 12.1 Å². The Morgan fingerprint density at radius 2 is 1.83 bits per heavy atom. The molecule has 2 rings (SSSR count). The average Bonchev–Trinajstić information content (AvgIpc) is 2.60. The third-order valence-electron chi connectivity index (χ3n) is 4.00. The minimum absolute atomic E-state index is 0.219. The van der Waals surface area contributed by atoms with Crippen molar-refractivity contribution in [1.29, 1.82) is 0 Å². The van der Waals surface area contributed by atoms with Gasteiger partial charge < -0.3 is 9.94 Å². The van der Waals surface area contributed by atoms with E-state index in [4.69, 9.17) is 4.74 Å². The van der Waals surface area contributed by atoms with E-state index in [1.54, 1.807) is 19.2 Å². The summed E-state index contributed by atoms with van der Waals surface area (Å²) in [6.07, 6.45) is 4.63. The second kappa shape index (κ2) is 8.32. The van der Waals surface area contributed by atoms with E-state index in [1.165, 1.54) is 0 Å². The molecule has 1 N–H and O–H groups in total. The molecule has 23 heavy (non-hydrogen) atoms. The van der Waals surface area contributed by atoms with Crippen LogP contribution in [-0.4, -0.2) is 23.8 Å². The highest BCUT2D eigenvalue weighted by atomic mass is 16.5. The summed E-state index contributed by atoms with van der Waals surface area (Å²) >= 11 is 0. The number of oxime groups is 1. The third-order valence-corrected chi connectivity index (χ3v) is 4.00. The standard InChI is InChI=1S/C19H23NO3/c1-3-4-5-6-11-17(20-22)19(21)16-12-13-18(23-2)15-10-8-7-9-14(15)16/h7-10,12-13,22H,3-6,11H2,1-2H3/b20-17-. The van der Waals surface area contributed by atoms with E-state index in [-0.39, 0.29) is 11.5 Å². The molecule has 0 saturated carbocycles. The Kier molecular flexibility index (Phi) is 6.15. The van der Waals surface area contributed by atoms with Gasteiger partial charge in [-0.15, -0.1) is 0 Å². The van der Waals surface area contributed by atoms with Crippen LogP contribution in [0.3, 0.4) is 0 Å². The van der Waals surface area contributed by atoms with Crippen LogP contribution in [0.15, 0.2) is 41.6 Å². The summed E-state index contributed by atoms with van der Waals surface area (Å²) < 4.78 is 5.35. The van der Waals surface area contributed by atoms with Crippen LogP contribution >= 0.6 is 0 Å². The Labute approximate surface area is 136 Å². The number of carbonyl (C=O) groups excluding carboxylic acids is 1. The molecule has 0 aliphatic rings. The Bertz CT molecular complexity index is 707. The van der Waals surface area contributed by atoms with E-state index >= 15 is 0 Å². The molecule has 0 aliphatic carbocycles. The molecule has 0 radical (unpaired) electrons. The van der Waals surface area contributed by atoms with Crippen molar-refractivity contribution in [1.82, 2.24) is 0 Å². The van der Waals surface area contributed by atoms with Crippen molar-refractivity contribution in [2.75, 3.05) is 7.11 Å². The number of methoxy groups -OCH3 is 1. The number of Topliss-reactive ketones (excluding diaryl/α,β-unsaturated/α-hetero) is 1. The van der Waals surface area contributed by atoms with Gasteiger partial charge in [0, 0.05) is 10.9 Å². The number of hydrogen-bond donors (Lipinski definition) is 1. The van der Waals surface area contributed by atoms with Gasteiger partial charge in [-0.25, -0.2) is 0 Å². The molecular weight excluding hydrogens is 290 g/mol. The van der Waals surface area contributed by atoms with Gasteiger partial charge in [0.15, 0.2) is 0 Å². The Morgan fingerprint density at radius 1 is 1.09 bits per heavy atom. The van der Waals surface area contributed by atoms with E-state index in [0.29, 0.717) is 12.0 Å². The zero-order valence-corrected chi connectivity index (χ0v) is 13.7. The second-order valence-corrected chi connectivity index (χ2v) is 5.55. The van der Waals surface area contributed by atoms with Gasteiger partial charge in [-0.2, -0.15) is 0 Å². The zero-order valence-electron chi connectivity index (χ0n) is 13.7. The Morgan fingerprint density at radius 3 is 2.48 bits per heavy atom. The number of ketones is 1. The van der Waals surface area contributed by atoms with Crippen molar-refractivity contribution in [3.63, 3.8) is 0 Å². The topological polar surface area (TPSA) is 58.9 Å². The van der Waals surface area contributed by atoms with Crippen molar-refractivity contribution in [2.45, 2.75) is 39.0 Å². The van der Waals surface area contributed by atoms with E-state index in [9.17, 15) is 10.0 Å². The van der Waals surface area contributed by atoms with Crippen LogP contribution in [0.25, 0.3) is 10.8 Å². The smallest absolute Gasteiger partial charge is 0.211 e. The fraction of sp³-hybridized carbons (Fsp3) is 0.368. The van der Waals surface area contributed by atoms with Crippen molar-refractivity contribution < 1.29 is 14.7 Å². The number of unbranched alkanes of at least 4 members (excludes halogenated alkanes) is 3. The molecule has 0 spiro atoms. The molecule has 4 nitrogen and oxygen atoms in total. The van der Waals surface area contributed by atoms with Crippen molar-refractivity contribution in [2.24, 2.45) is 5.16 Å². The van der Waals surface area contributed by atoms with Gasteiger partial charge >= 0.3 is 0 Å². The van der Waals surface area contributed by atoms with Crippen molar-refractivity contribution in [3.05, 3.63) is 42.0 Å². The monoisotopic (exact) mass is 313 g/mol. The lowest BCUT2D eigenvalue weighted by atomic mass is 9.96. The molecule has 122 valence electrons. The Hall–Kier alpha value is -2.36. The molecular formula is C19H23NO3. The van der Waals surface area contributed by atoms with Gasteiger partial charge in [0.25, 0.3) is 0 Å². The fourth-order valence-electron chi connectivity index (χ4n) is 2.73. The van der Waals surface area contributed by atoms with E-state index < -0.39 is 0 Å². The lowest BCUT2D eigenvalue weighted by Gasteiger charge is -2.10. The summed E-state index contributed by atoms with van der Waals surface area (Å²) in [6, 6.07) is 11.1. The molecule has 2 aromatic carbocycles. The summed E-state index contributed by atoms with van der Waals surface area (Å²) in [5.74, 6) is 0.505. The predicted octanol–water partition coefficient (Wildman–Crippen LogP) is 4.83. The summed E-state index contributed by atoms with van der Waals surface area (Å²) in [6.45, 7) is 2.13. The van der Waals surface area contributed by atoms with Crippen LogP contribution in [0.4, 0.5) is 0 Å². The van der Waals surface area contributed by atoms with Gasteiger partial charge in [0.2, 0.25) is 5.78 Å². The number of hydrogen-bond acceptors (Lipinski definition) is 4. The number of fused-ring (bicyclic) bond motifs is 1. The largest absolute Gasteiger partial charge is 0.496 e. The maximum Gasteiger partial charge on any atom is 0.211 e. The molecule has 0 aliphatic heterocycles. The summed E-state index contributed by atoms with van der Waals surface area (Å²) in [4.78, 5) is 12.7. The SMILES string of the molecule is CCCCCC/C(=N/O)C(=O)c1ccc(OC)c2ccccc12. The summed E-state index contributed by atoms with van der Waals surface area (Å²) in [5, 5.41) is 14.2. The minimum atomic E-state index is -0.220. The van der Waals surface area contributed by atoms with Crippen molar-refractivity contribution >= 4 is 22.3 Å². The minimum Gasteiger partial charge on any atom is -0.496 e. The van der Waals surface area contributed by atoms with Gasteiger partial charge in [-0.1, -0.05) is 55.6 Å². The summed E-state index contributed by atoms with van der Waals surface area (Å²) in [5.41, 5.74) is 0.765. The van der Waals surface area contributed by atoms with Crippen LogP contribution < -0.4 is 4.74 Å². The maximum absolute atomic E-state index is 12.7. The highest BCUT2D eigenvalue weighted by Gasteiger charge is 2.18. The fourth-order valence-corrected chi connectivity index (χ4v) is 2.73. The first kappa shape index (κ1) is 17.0. The first-order valence-electron chi connectivity index (χ1n) is 8.04. The number of benzene rings is 2. The first-order chi connectivity index (χ1) is 11.2. The quantitative estimate of drug-likeness (QED) is 0.249. The van der Waals surface area contributed by atoms with Crippen LogP contribution in [0.1, 0.15) is 49.4 Å². The molecule has 0 aromatic heterocycles. The molecule has 0 fully saturated rings. The maximum atomic E-state index is 12.7. The number of ether oxygens (including phenoxy) is 1. The molecule has 0 atom stereocenters. The highest BCUT2D eigenvalue weighted by Crippen LogP contribution is 2.29. The van der Waals surface area contributed by atoms with Gasteiger partial charge in [0.1, 0.15) is 11.5 Å². The van der Waals surface area contributed by atoms with Crippen LogP contribution in [0.2, 0.25) is 0 Å². The molecule has 0 amide bonds.